The topological polar surface area (TPSA) is 27.6 Å². The van der Waals surface area contributed by atoms with Crippen molar-refractivity contribution < 1.29 is 4.39 Å². The van der Waals surface area contributed by atoms with Crippen molar-refractivity contribution in [3.63, 3.8) is 0 Å². The lowest BCUT2D eigenvalue weighted by atomic mass is 10.1. The largest absolute Gasteiger partial charge is 0.356 e. The van der Waals surface area contributed by atoms with E-state index in [2.05, 4.69) is 15.2 Å². The van der Waals surface area contributed by atoms with Gasteiger partial charge in [-0.15, -0.1) is 0 Å². The minimum absolute atomic E-state index is 0.126. The molecule has 1 aliphatic rings. The first-order valence-corrected chi connectivity index (χ1v) is 5.91. The van der Waals surface area contributed by atoms with Gasteiger partial charge in [0.05, 0.1) is 6.54 Å². The van der Waals surface area contributed by atoms with Crippen molar-refractivity contribution >= 4 is 5.96 Å². The van der Waals surface area contributed by atoms with Crippen molar-refractivity contribution in [2.24, 2.45) is 4.99 Å². The van der Waals surface area contributed by atoms with Crippen LogP contribution in [0.5, 0.6) is 0 Å². The van der Waals surface area contributed by atoms with Gasteiger partial charge in [0, 0.05) is 20.1 Å². The van der Waals surface area contributed by atoms with E-state index in [9.17, 15) is 4.39 Å². The van der Waals surface area contributed by atoms with Crippen LogP contribution in [0.15, 0.2) is 23.2 Å². The maximum atomic E-state index is 13.5. The SMILES string of the molecule is Cc1ccc(F)c(CCNC2=NCCN2C)c1. The van der Waals surface area contributed by atoms with E-state index in [1.54, 1.807) is 6.07 Å². The average molecular weight is 235 g/mol. The van der Waals surface area contributed by atoms with Gasteiger partial charge in [-0.2, -0.15) is 0 Å². The van der Waals surface area contributed by atoms with E-state index in [1.165, 1.54) is 6.07 Å². The van der Waals surface area contributed by atoms with Crippen molar-refractivity contribution in [3.05, 3.63) is 35.1 Å². The standard InChI is InChI=1S/C13H18FN3/c1-10-3-4-12(14)11(9-10)5-6-15-13-16-7-8-17(13)2/h3-4,9H,5-8H2,1-2H3,(H,15,16). The van der Waals surface area contributed by atoms with E-state index >= 15 is 0 Å². The molecule has 2 rings (SSSR count). The van der Waals surface area contributed by atoms with Gasteiger partial charge in [0.1, 0.15) is 5.82 Å². The van der Waals surface area contributed by atoms with E-state index in [-0.39, 0.29) is 5.82 Å². The zero-order chi connectivity index (χ0) is 12.3. The number of likely N-dealkylation sites (N-methyl/N-ethyl adjacent to an activating group) is 1. The number of hydrogen-bond donors (Lipinski definition) is 1. The molecule has 0 aliphatic carbocycles. The number of guanidine groups is 1. The Hall–Kier alpha value is -1.58. The molecule has 0 saturated carbocycles. The van der Waals surface area contributed by atoms with E-state index in [4.69, 9.17) is 0 Å². The summed E-state index contributed by atoms with van der Waals surface area (Å²) >= 11 is 0. The molecule has 0 amide bonds. The van der Waals surface area contributed by atoms with Gasteiger partial charge in [-0.05, 0) is 25.0 Å². The van der Waals surface area contributed by atoms with Crippen molar-refractivity contribution in [3.8, 4) is 0 Å². The monoisotopic (exact) mass is 235 g/mol. The minimum Gasteiger partial charge on any atom is -0.356 e. The highest BCUT2D eigenvalue weighted by Gasteiger charge is 2.11. The molecule has 3 nitrogen and oxygen atoms in total. The van der Waals surface area contributed by atoms with Crippen LogP contribution in [0.2, 0.25) is 0 Å². The van der Waals surface area contributed by atoms with E-state index in [0.29, 0.717) is 13.0 Å². The third-order valence-electron chi connectivity index (χ3n) is 2.94. The van der Waals surface area contributed by atoms with Gasteiger partial charge in [-0.25, -0.2) is 4.39 Å². The molecule has 1 aromatic rings. The summed E-state index contributed by atoms with van der Waals surface area (Å²) in [5, 5.41) is 3.24. The number of hydrogen-bond acceptors (Lipinski definition) is 3. The summed E-state index contributed by atoms with van der Waals surface area (Å²) in [5.41, 5.74) is 1.86. The molecule has 0 aromatic heterocycles. The molecule has 4 heteroatoms. The van der Waals surface area contributed by atoms with Gasteiger partial charge in [0.15, 0.2) is 5.96 Å². The number of nitrogens with one attached hydrogen (secondary N) is 1. The van der Waals surface area contributed by atoms with E-state index < -0.39 is 0 Å². The summed E-state index contributed by atoms with van der Waals surface area (Å²) in [6.45, 7) is 4.49. The van der Waals surface area contributed by atoms with E-state index in [1.807, 2.05) is 20.0 Å². The van der Waals surface area contributed by atoms with Crippen LogP contribution in [0.1, 0.15) is 11.1 Å². The second-order valence-electron chi connectivity index (χ2n) is 4.40. The first kappa shape index (κ1) is 11.9. The molecule has 0 spiro atoms. The highest BCUT2D eigenvalue weighted by molar-refractivity contribution is 5.81. The molecule has 0 saturated heterocycles. The lowest BCUT2D eigenvalue weighted by Crippen LogP contribution is -2.36. The fourth-order valence-electron chi connectivity index (χ4n) is 1.93. The number of rotatable bonds is 3. The lowest BCUT2D eigenvalue weighted by Gasteiger charge is -2.15. The molecular formula is C13H18FN3. The number of aryl methyl sites for hydroxylation is 1. The molecule has 0 bridgehead atoms. The van der Waals surface area contributed by atoms with Crippen LogP contribution in [-0.2, 0) is 6.42 Å². The van der Waals surface area contributed by atoms with Crippen molar-refractivity contribution in [2.75, 3.05) is 26.7 Å². The Morgan fingerprint density at radius 1 is 1.47 bits per heavy atom. The Kier molecular flexibility index (Phi) is 3.61. The predicted octanol–water partition coefficient (Wildman–Crippen LogP) is 1.57. The van der Waals surface area contributed by atoms with Crippen molar-refractivity contribution in [1.29, 1.82) is 0 Å². The normalized spacial score (nSPS) is 15.0. The fraction of sp³-hybridized carbons (Fsp3) is 0.462. The zero-order valence-electron chi connectivity index (χ0n) is 10.3. The number of aliphatic imine (C=N–C) groups is 1. The highest BCUT2D eigenvalue weighted by Crippen LogP contribution is 2.10. The maximum Gasteiger partial charge on any atom is 0.193 e. The summed E-state index contributed by atoms with van der Waals surface area (Å²) in [4.78, 5) is 6.40. The van der Waals surface area contributed by atoms with E-state index in [0.717, 1.165) is 30.2 Å². The average Bonchev–Trinajstić information content (AvgIpc) is 2.70. The molecule has 92 valence electrons. The molecule has 0 fully saturated rings. The summed E-state index contributed by atoms with van der Waals surface area (Å²) in [7, 11) is 2.01. The summed E-state index contributed by atoms with van der Waals surface area (Å²) in [6.07, 6.45) is 0.681. The number of halogens is 1. The Morgan fingerprint density at radius 3 is 3.00 bits per heavy atom. The molecule has 17 heavy (non-hydrogen) atoms. The third-order valence-corrected chi connectivity index (χ3v) is 2.94. The molecular weight excluding hydrogens is 217 g/mol. The Balaban J connectivity index is 1.88. The molecule has 0 atom stereocenters. The van der Waals surface area contributed by atoms with Gasteiger partial charge in [-0.1, -0.05) is 17.7 Å². The van der Waals surface area contributed by atoms with Crippen molar-refractivity contribution in [2.45, 2.75) is 13.3 Å². The van der Waals surface area contributed by atoms with Crippen molar-refractivity contribution in [1.82, 2.24) is 10.2 Å². The second-order valence-corrected chi connectivity index (χ2v) is 4.40. The van der Waals surface area contributed by atoms with Gasteiger partial charge < -0.3 is 10.2 Å². The predicted molar refractivity (Wildman–Crippen MR) is 67.8 cm³/mol. The number of nitrogens with zero attached hydrogens (tertiary/aromatic N) is 2. The van der Waals surface area contributed by atoms with Crippen LogP contribution in [0, 0.1) is 12.7 Å². The van der Waals surface area contributed by atoms with Crippen LogP contribution in [0.4, 0.5) is 4.39 Å². The van der Waals surface area contributed by atoms with Crippen LogP contribution >= 0.6 is 0 Å². The zero-order valence-corrected chi connectivity index (χ0v) is 10.3. The quantitative estimate of drug-likeness (QED) is 0.861. The second kappa shape index (κ2) is 5.17. The molecule has 1 N–H and O–H groups in total. The van der Waals surface area contributed by atoms with Crippen LogP contribution in [0.3, 0.4) is 0 Å². The Labute approximate surface area is 101 Å². The maximum absolute atomic E-state index is 13.5. The summed E-state index contributed by atoms with van der Waals surface area (Å²) in [5.74, 6) is 0.789. The van der Waals surface area contributed by atoms with Crippen LogP contribution < -0.4 is 5.32 Å². The van der Waals surface area contributed by atoms with Gasteiger partial charge >= 0.3 is 0 Å². The third kappa shape index (κ3) is 2.96. The Bertz CT molecular complexity index is 429. The fourth-order valence-corrected chi connectivity index (χ4v) is 1.93. The molecule has 0 unspecified atom stereocenters. The minimum atomic E-state index is -0.126. The molecule has 0 radical (unpaired) electrons. The first-order valence-electron chi connectivity index (χ1n) is 5.91. The van der Waals surface area contributed by atoms with Gasteiger partial charge in [0.2, 0.25) is 0 Å². The molecule has 1 aromatic carbocycles. The molecule has 1 heterocycles. The molecule has 1 aliphatic heterocycles. The van der Waals surface area contributed by atoms with Crippen LogP contribution in [-0.4, -0.2) is 37.5 Å². The lowest BCUT2D eigenvalue weighted by molar-refractivity contribution is 0.533. The highest BCUT2D eigenvalue weighted by atomic mass is 19.1. The summed E-state index contributed by atoms with van der Waals surface area (Å²) in [6, 6.07) is 5.22. The van der Waals surface area contributed by atoms with Crippen LogP contribution in [0.25, 0.3) is 0 Å². The summed E-state index contributed by atoms with van der Waals surface area (Å²) < 4.78 is 13.5. The Morgan fingerprint density at radius 2 is 2.29 bits per heavy atom. The van der Waals surface area contributed by atoms with Gasteiger partial charge in [0.25, 0.3) is 0 Å². The first-order chi connectivity index (χ1) is 8.16. The smallest absolute Gasteiger partial charge is 0.193 e. The number of benzene rings is 1. The van der Waals surface area contributed by atoms with Gasteiger partial charge in [-0.3, -0.25) is 4.99 Å².